The molecule has 0 heterocycles. The number of ether oxygens (including phenoxy) is 3. The number of nitrogens with one attached hydrogen (secondary N) is 1. The van der Waals surface area contributed by atoms with Crippen LogP contribution in [0.5, 0.6) is 5.75 Å². The molecule has 134 valence electrons. The summed E-state index contributed by atoms with van der Waals surface area (Å²) in [6.07, 6.45) is 0.445. The molecule has 6 nitrogen and oxygen atoms in total. The van der Waals surface area contributed by atoms with E-state index in [4.69, 9.17) is 14.2 Å². The van der Waals surface area contributed by atoms with Crippen LogP contribution in [0.15, 0.2) is 18.2 Å². The van der Waals surface area contributed by atoms with Gasteiger partial charge in [-0.05, 0) is 52.3 Å². The van der Waals surface area contributed by atoms with E-state index < -0.39 is 11.6 Å². The third-order valence-electron chi connectivity index (χ3n) is 3.62. The molecule has 0 bridgehead atoms. The standard InChI is InChI=1S/C18H27NO5/c1-7-18(5,23-8-2)17(21)19-13-9-10-15(24-12(3)4)14(11-13)16(20)22-6/h9-12H,7-8H2,1-6H3,(H,19,21)/t18-/m1/s1. The van der Waals surface area contributed by atoms with E-state index in [2.05, 4.69) is 5.32 Å². The van der Waals surface area contributed by atoms with Gasteiger partial charge in [-0.1, -0.05) is 6.92 Å². The van der Waals surface area contributed by atoms with E-state index >= 15 is 0 Å². The SMILES string of the molecule is CCO[C@](C)(CC)C(=O)Nc1ccc(OC(C)C)c(C(=O)OC)c1. The van der Waals surface area contributed by atoms with Crippen molar-refractivity contribution in [2.45, 2.75) is 52.7 Å². The van der Waals surface area contributed by atoms with Crippen LogP contribution in [0.25, 0.3) is 0 Å². The molecule has 0 aromatic heterocycles. The first-order chi connectivity index (χ1) is 11.3. The van der Waals surface area contributed by atoms with E-state index in [0.717, 1.165) is 0 Å². The Balaban J connectivity index is 3.09. The fourth-order valence-electron chi connectivity index (χ4n) is 2.14. The third kappa shape index (κ3) is 4.96. The monoisotopic (exact) mass is 337 g/mol. The van der Waals surface area contributed by atoms with Crippen LogP contribution in [-0.2, 0) is 14.3 Å². The summed E-state index contributed by atoms with van der Waals surface area (Å²) in [6, 6.07) is 4.87. The molecule has 1 rings (SSSR count). The van der Waals surface area contributed by atoms with Crippen molar-refractivity contribution in [2.75, 3.05) is 19.0 Å². The van der Waals surface area contributed by atoms with Crippen molar-refractivity contribution in [2.24, 2.45) is 0 Å². The number of anilines is 1. The van der Waals surface area contributed by atoms with Gasteiger partial charge in [0.1, 0.15) is 16.9 Å². The Labute approximate surface area is 143 Å². The van der Waals surface area contributed by atoms with Crippen LogP contribution in [0.1, 0.15) is 51.4 Å². The van der Waals surface area contributed by atoms with Gasteiger partial charge in [0.25, 0.3) is 5.91 Å². The first-order valence-corrected chi connectivity index (χ1v) is 8.11. The molecule has 6 heteroatoms. The molecule has 1 aromatic carbocycles. The van der Waals surface area contributed by atoms with E-state index in [9.17, 15) is 9.59 Å². The van der Waals surface area contributed by atoms with Crippen LogP contribution in [0.2, 0.25) is 0 Å². The van der Waals surface area contributed by atoms with Gasteiger partial charge in [0.05, 0.1) is 13.2 Å². The van der Waals surface area contributed by atoms with Crippen molar-refractivity contribution in [1.29, 1.82) is 0 Å². The number of methoxy groups -OCH3 is 1. The summed E-state index contributed by atoms with van der Waals surface area (Å²) in [6.45, 7) is 9.63. The smallest absolute Gasteiger partial charge is 0.341 e. The first kappa shape index (κ1) is 20.0. The lowest BCUT2D eigenvalue weighted by molar-refractivity contribution is -0.139. The number of carbonyl (C=O) groups excluding carboxylic acids is 2. The van der Waals surface area contributed by atoms with E-state index in [1.54, 1.807) is 25.1 Å². The van der Waals surface area contributed by atoms with Gasteiger partial charge in [0.15, 0.2) is 0 Å². The normalized spacial score (nSPS) is 13.3. The minimum absolute atomic E-state index is 0.0878. The second-order valence-corrected chi connectivity index (χ2v) is 5.84. The number of amides is 1. The van der Waals surface area contributed by atoms with E-state index in [-0.39, 0.29) is 17.6 Å². The summed E-state index contributed by atoms with van der Waals surface area (Å²) in [7, 11) is 1.30. The Hall–Kier alpha value is -2.08. The maximum absolute atomic E-state index is 12.5. The lowest BCUT2D eigenvalue weighted by Crippen LogP contribution is -2.42. The Kier molecular flexibility index (Phi) is 7.22. The molecule has 0 fully saturated rings. The highest BCUT2D eigenvalue weighted by Gasteiger charge is 2.32. The van der Waals surface area contributed by atoms with Crippen LogP contribution in [0.4, 0.5) is 5.69 Å². The molecular formula is C18H27NO5. The van der Waals surface area contributed by atoms with Crippen LogP contribution < -0.4 is 10.1 Å². The van der Waals surface area contributed by atoms with E-state index in [0.29, 0.717) is 24.5 Å². The van der Waals surface area contributed by atoms with Crippen molar-refractivity contribution in [3.8, 4) is 5.75 Å². The third-order valence-corrected chi connectivity index (χ3v) is 3.62. The predicted molar refractivity (Wildman–Crippen MR) is 92.5 cm³/mol. The van der Waals surface area contributed by atoms with Gasteiger partial charge in [-0.15, -0.1) is 0 Å². The molecule has 0 unspecified atom stereocenters. The van der Waals surface area contributed by atoms with Gasteiger partial charge in [0, 0.05) is 12.3 Å². The van der Waals surface area contributed by atoms with Crippen molar-refractivity contribution < 1.29 is 23.8 Å². The minimum atomic E-state index is -0.923. The average molecular weight is 337 g/mol. The summed E-state index contributed by atoms with van der Waals surface area (Å²) in [5.74, 6) is -0.372. The van der Waals surface area contributed by atoms with Gasteiger partial charge in [-0.2, -0.15) is 0 Å². The zero-order chi connectivity index (χ0) is 18.3. The minimum Gasteiger partial charge on any atom is -0.490 e. The molecule has 1 aromatic rings. The van der Waals surface area contributed by atoms with Gasteiger partial charge < -0.3 is 19.5 Å². The topological polar surface area (TPSA) is 73.9 Å². The maximum atomic E-state index is 12.5. The number of rotatable bonds is 8. The van der Waals surface area contributed by atoms with Gasteiger partial charge in [-0.3, -0.25) is 4.79 Å². The summed E-state index contributed by atoms with van der Waals surface area (Å²) < 4.78 is 16.0. The molecule has 1 atom stereocenters. The summed E-state index contributed by atoms with van der Waals surface area (Å²) in [5.41, 5.74) is -0.178. The molecule has 24 heavy (non-hydrogen) atoms. The fourth-order valence-corrected chi connectivity index (χ4v) is 2.14. The lowest BCUT2D eigenvalue weighted by Gasteiger charge is -2.27. The fraction of sp³-hybridized carbons (Fsp3) is 0.556. The number of benzene rings is 1. The van der Waals surface area contributed by atoms with E-state index in [1.807, 2.05) is 27.7 Å². The van der Waals surface area contributed by atoms with Crippen LogP contribution in [-0.4, -0.2) is 37.3 Å². The van der Waals surface area contributed by atoms with Crippen molar-refractivity contribution in [3.63, 3.8) is 0 Å². The van der Waals surface area contributed by atoms with Crippen LogP contribution >= 0.6 is 0 Å². The molecule has 1 amide bonds. The predicted octanol–water partition coefficient (Wildman–Crippen LogP) is 3.40. The second-order valence-electron chi connectivity index (χ2n) is 5.84. The van der Waals surface area contributed by atoms with Gasteiger partial charge in [0.2, 0.25) is 0 Å². The van der Waals surface area contributed by atoms with Crippen molar-refractivity contribution >= 4 is 17.6 Å². The molecule has 0 aliphatic carbocycles. The molecular weight excluding hydrogens is 310 g/mol. The maximum Gasteiger partial charge on any atom is 0.341 e. The van der Waals surface area contributed by atoms with Gasteiger partial charge in [-0.25, -0.2) is 4.79 Å². The highest BCUT2D eigenvalue weighted by molar-refractivity contribution is 5.99. The Morgan fingerprint density at radius 1 is 1.25 bits per heavy atom. The summed E-state index contributed by atoms with van der Waals surface area (Å²) >= 11 is 0. The molecule has 0 aliphatic heterocycles. The molecule has 0 saturated heterocycles. The number of carbonyl (C=O) groups is 2. The number of hydrogen-bond acceptors (Lipinski definition) is 5. The van der Waals surface area contributed by atoms with Crippen molar-refractivity contribution in [3.05, 3.63) is 23.8 Å². The molecule has 0 aliphatic rings. The highest BCUT2D eigenvalue weighted by Crippen LogP contribution is 2.26. The molecule has 0 radical (unpaired) electrons. The highest BCUT2D eigenvalue weighted by atomic mass is 16.5. The second kappa shape index (κ2) is 8.68. The Bertz CT molecular complexity index is 585. The van der Waals surface area contributed by atoms with Crippen molar-refractivity contribution in [1.82, 2.24) is 0 Å². The Morgan fingerprint density at radius 2 is 1.92 bits per heavy atom. The zero-order valence-electron chi connectivity index (χ0n) is 15.3. The number of esters is 1. The number of hydrogen-bond donors (Lipinski definition) is 1. The Morgan fingerprint density at radius 3 is 2.42 bits per heavy atom. The average Bonchev–Trinajstić information content (AvgIpc) is 2.55. The molecule has 0 saturated carbocycles. The first-order valence-electron chi connectivity index (χ1n) is 8.11. The molecule has 1 N–H and O–H groups in total. The van der Waals surface area contributed by atoms with Gasteiger partial charge >= 0.3 is 5.97 Å². The molecule has 0 spiro atoms. The summed E-state index contributed by atoms with van der Waals surface area (Å²) in [5, 5.41) is 2.79. The quantitative estimate of drug-likeness (QED) is 0.736. The zero-order valence-corrected chi connectivity index (χ0v) is 15.3. The van der Waals surface area contributed by atoms with E-state index in [1.165, 1.54) is 7.11 Å². The largest absolute Gasteiger partial charge is 0.490 e. The van der Waals surface area contributed by atoms with Crippen LogP contribution in [0, 0.1) is 0 Å². The van der Waals surface area contributed by atoms with Crippen LogP contribution in [0.3, 0.4) is 0 Å². The lowest BCUT2D eigenvalue weighted by atomic mass is 10.0. The summed E-state index contributed by atoms with van der Waals surface area (Å²) in [4.78, 5) is 24.5.